The molecule has 1 aliphatic rings. The second-order valence-corrected chi connectivity index (χ2v) is 8.19. The molecule has 0 radical (unpaired) electrons. The predicted octanol–water partition coefficient (Wildman–Crippen LogP) is 5.17. The third-order valence-electron chi connectivity index (χ3n) is 5.99. The summed E-state index contributed by atoms with van der Waals surface area (Å²) in [5.41, 5.74) is 11.3. The lowest BCUT2D eigenvalue weighted by molar-refractivity contribution is 0.0996. The molecule has 6 heteroatoms. The molecular formula is C28H23N3O3. The number of nitrogens with two attached hydrogens (primary N) is 1. The number of primary amides is 1. The zero-order valence-electron chi connectivity index (χ0n) is 18.4. The van der Waals surface area contributed by atoms with Crippen LogP contribution < -0.4 is 15.8 Å². The normalized spacial score (nSPS) is 14.3. The van der Waals surface area contributed by atoms with Gasteiger partial charge in [-0.25, -0.2) is 0 Å². The van der Waals surface area contributed by atoms with Crippen LogP contribution in [0.25, 0.3) is 11.1 Å². The van der Waals surface area contributed by atoms with Gasteiger partial charge in [-0.15, -0.1) is 0 Å². The highest BCUT2D eigenvalue weighted by atomic mass is 16.5. The Kier molecular flexibility index (Phi) is 5.79. The summed E-state index contributed by atoms with van der Waals surface area (Å²) in [5, 5.41) is 3.06. The first-order valence-corrected chi connectivity index (χ1v) is 11.1. The van der Waals surface area contributed by atoms with Gasteiger partial charge in [0.2, 0.25) is 5.91 Å². The Bertz CT molecular complexity index is 1350. The molecule has 5 rings (SSSR count). The number of fused-ring (bicyclic) bond motifs is 1. The van der Waals surface area contributed by atoms with Crippen molar-refractivity contribution >= 4 is 17.5 Å². The summed E-state index contributed by atoms with van der Waals surface area (Å²) < 4.78 is 6.11. The average Bonchev–Trinajstić information content (AvgIpc) is 3.28. The molecule has 4 aromatic rings. The van der Waals surface area contributed by atoms with Crippen LogP contribution in [-0.2, 0) is 6.42 Å². The van der Waals surface area contributed by atoms with Crippen LogP contribution in [0, 0.1) is 0 Å². The Morgan fingerprint density at radius 3 is 2.41 bits per heavy atom. The van der Waals surface area contributed by atoms with E-state index in [4.69, 9.17) is 10.5 Å². The molecule has 1 atom stereocenters. The van der Waals surface area contributed by atoms with Crippen molar-refractivity contribution in [2.24, 2.45) is 5.73 Å². The minimum absolute atomic E-state index is 0.157. The molecule has 3 N–H and O–H groups in total. The van der Waals surface area contributed by atoms with E-state index in [1.807, 2.05) is 72.8 Å². The molecule has 0 spiro atoms. The first kappa shape index (κ1) is 21.4. The summed E-state index contributed by atoms with van der Waals surface area (Å²) in [7, 11) is 0. The lowest BCUT2D eigenvalue weighted by Gasteiger charge is -2.16. The summed E-state index contributed by atoms with van der Waals surface area (Å²) in [6.45, 7) is 0. The Hall–Kier alpha value is -4.45. The molecule has 1 heterocycles. The van der Waals surface area contributed by atoms with Gasteiger partial charge in [-0.05, 0) is 59.4 Å². The molecular weight excluding hydrogens is 426 g/mol. The van der Waals surface area contributed by atoms with Crippen molar-refractivity contribution in [3.63, 3.8) is 0 Å². The highest BCUT2D eigenvalue weighted by molar-refractivity contribution is 6.05. The Labute approximate surface area is 197 Å². The van der Waals surface area contributed by atoms with E-state index >= 15 is 0 Å². The van der Waals surface area contributed by atoms with Crippen molar-refractivity contribution < 1.29 is 14.3 Å². The molecule has 0 bridgehead atoms. The summed E-state index contributed by atoms with van der Waals surface area (Å²) in [6, 6.07) is 25.1. The molecule has 0 aliphatic heterocycles. The molecule has 34 heavy (non-hydrogen) atoms. The molecule has 0 saturated heterocycles. The molecule has 2 amide bonds. The van der Waals surface area contributed by atoms with Crippen molar-refractivity contribution in [1.29, 1.82) is 0 Å². The van der Waals surface area contributed by atoms with E-state index in [9.17, 15) is 9.59 Å². The minimum atomic E-state index is -0.549. The Morgan fingerprint density at radius 1 is 0.882 bits per heavy atom. The summed E-state index contributed by atoms with van der Waals surface area (Å²) in [6.07, 6.45) is 4.32. The van der Waals surface area contributed by atoms with Gasteiger partial charge >= 0.3 is 0 Å². The molecule has 1 aromatic heterocycles. The van der Waals surface area contributed by atoms with Gasteiger partial charge in [0, 0.05) is 17.4 Å². The molecule has 1 unspecified atom stereocenters. The van der Waals surface area contributed by atoms with Crippen LogP contribution in [0.4, 0.5) is 5.69 Å². The quantitative estimate of drug-likeness (QED) is 0.425. The van der Waals surface area contributed by atoms with Gasteiger partial charge in [-0.3, -0.25) is 14.6 Å². The topological polar surface area (TPSA) is 94.3 Å². The number of carbonyl (C=O) groups excluding carboxylic acids is 2. The van der Waals surface area contributed by atoms with Crippen molar-refractivity contribution in [1.82, 2.24) is 4.98 Å². The van der Waals surface area contributed by atoms with Gasteiger partial charge in [-0.1, -0.05) is 54.6 Å². The third-order valence-corrected chi connectivity index (χ3v) is 5.99. The predicted molar refractivity (Wildman–Crippen MR) is 131 cm³/mol. The fourth-order valence-corrected chi connectivity index (χ4v) is 4.28. The van der Waals surface area contributed by atoms with Gasteiger partial charge < -0.3 is 15.8 Å². The maximum absolute atomic E-state index is 12.9. The fraction of sp³-hybridized carbons (Fsp3) is 0.107. The van der Waals surface area contributed by atoms with E-state index < -0.39 is 5.91 Å². The lowest BCUT2D eigenvalue weighted by Crippen LogP contribution is -2.13. The number of carbonyl (C=O) groups is 2. The Balaban J connectivity index is 1.32. The van der Waals surface area contributed by atoms with Crippen LogP contribution in [0.5, 0.6) is 5.75 Å². The average molecular weight is 450 g/mol. The number of amides is 2. The van der Waals surface area contributed by atoms with Crippen molar-refractivity contribution in [3.8, 4) is 16.9 Å². The van der Waals surface area contributed by atoms with Gasteiger partial charge in [0.15, 0.2) is 0 Å². The van der Waals surface area contributed by atoms with Crippen LogP contribution in [0.2, 0.25) is 0 Å². The minimum Gasteiger partial charge on any atom is -0.484 e. The maximum Gasteiger partial charge on any atom is 0.255 e. The van der Waals surface area contributed by atoms with E-state index in [0.717, 1.165) is 40.8 Å². The zero-order valence-corrected chi connectivity index (χ0v) is 18.4. The number of nitrogens with zero attached hydrogens (tertiary/aromatic N) is 1. The summed E-state index contributed by atoms with van der Waals surface area (Å²) in [5.74, 6) is -0.218. The van der Waals surface area contributed by atoms with E-state index in [-0.39, 0.29) is 12.0 Å². The smallest absolute Gasteiger partial charge is 0.255 e. The molecule has 0 fully saturated rings. The number of hydrogen-bond donors (Lipinski definition) is 2. The summed E-state index contributed by atoms with van der Waals surface area (Å²) in [4.78, 5) is 28.4. The number of ether oxygens (including phenoxy) is 1. The van der Waals surface area contributed by atoms with Crippen LogP contribution in [0.1, 0.15) is 44.4 Å². The van der Waals surface area contributed by atoms with Crippen LogP contribution in [-0.4, -0.2) is 16.8 Å². The molecule has 3 aromatic carbocycles. The molecule has 168 valence electrons. The number of anilines is 1. The number of pyridine rings is 1. The third kappa shape index (κ3) is 4.38. The molecule has 0 saturated carbocycles. The standard InChI is InChI=1S/C28H23N3O3/c29-27(32)21-15-22(17-30-16-21)34-26-14-13-23-24(26)7-4-8-25(23)31-28(33)20-11-9-19(10-12-20)18-5-2-1-3-6-18/h1-12,15-17,26H,13-14H2,(H2,29,32)(H,31,33). The second-order valence-electron chi connectivity index (χ2n) is 8.19. The van der Waals surface area contributed by atoms with Crippen molar-refractivity contribution in [3.05, 3.63) is 114 Å². The van der Waals surface area contributed by atoms with Gasteiger partial charge in [0.25, 0.3) is 5.91 Å². The second kappa shape index (κ2) is 9.19. The Morgan fingerprint density at radius 2 is 1.65 bits per heavy atom. The van der Waals surface area contributed by atoms with Crippen molar-refractivity contribution in [2.45, 2.75) is 18.9 Å². The number of aromatic nitrogens is 1. The summed E-state index contributed by atoms with van der Waals surface area (Å²) >= 11 is 0. The SMILES string of the molecule is NC(=O)c1cncc(OC2CCc3c(NC(=O)c4ccc(-c5ccccc5)cc4)cccc32)c1. The number of benzene rings is 3. The van der Waals surface area contributed by atoms with Gasteiger partial charge in [0.1, 0.15) is 11.9 Å². The highest BCUT2D eigenvalue weighted by Crippen LogP contribution is 2.38. The first-order chi connectivity index (χ1) is 16.6. The lowest BCUT2D eigenvalue weighted by atomic mass is 10.0. The van der Waals surface area contributed by atoms with E-state index in [0.29, 0.717) is 16.9 Å². The van der Waals surface area contributed by atoms with Gasteiger partial charge in [0.05, 0.1) is 11.8 Å². The maximum atomic E-state index is 12.9. The van der Waals surface area contributed by atoms with Crippen LogP contribution in [0.3, 0.4) is 0 Å². The van der Waals surface area contributed by atoms with E-state index in [2.05, 4.69) is 10.3 Å². The molecule has 6 nitrogen and oxygen atoms in total. The van der Waals surface area contributed by atoms with E-state index in [1.54, 1.807) is 12.3 Å². The molecule has 1 aliphatic carbocycles. The van der Waals surface area contributed by atoms with Crippen LogP contribution >= 0.6 is 0 Å². The highest BCUT2D eigenvalue weighted by Gasteiger charge is 2.27. The zero-order chi connectivity index (χ0) is 23.5. The van der Waals surface area contributed by atoms with Gasteiger partial charge in [-0.2, -0.15) is 0 Å². The van der Waals surface area contributed by atoms with Crippen molar-refractivity contribution in [2.75, 3.05) is 5.32 Å². The van der Waals surface area contributed by atoms with E-state index in [1.165, 1.54) is 6.20 Å². The number of nitrogens with one attached hydrogen (secondary N) is 1. The monoisotopic (exact) mass is 449 g/mol. The number of hydrogen-bond acceptors (Lipinski definition) is 4. The van der Waals surface area contributed by atoms with Crippen LogP contribution in [0.15, 0.2) is 91.3 Å². The largest absolute Gasteiger partial charge is 0.484 e. The number of rotatable bonds is 6. The first-order valence-electron chi connectivity index (χ1n) is 11.1. The fourth-order valence-electron chi connectivity index (χ4n) is 4.28.